The van der Waals surface area contributed by atoms with Crippen LogP contribution in [0.15, 0.2) is 12.4 Å². The number of rotatable bonds is 4. The van der Waals surface area contributed by atoms with Crippen molar-refractivity contribution < 1.29 is 9.72 Å². The lowest BCUT2D eigenvalue weighted by atomic mass is 10.3. The van der Waals surface area contributed by atoms with Crippen LogP contribution in [0.4, 0.5) is 5.69 Å². The third kappa shape index (κ3) is 2.26. The van der Waals surface area contributed by atoms with Crippen LogP contribution in [0.1, 0.15) is 0 Å². The van der Waals surface area contributed by atoms with Gasteiger partial charge in [0.1, 0.15) is 18.4 Å². The van der Waals surface area contributed by atoms with Crippen molar-refractivity contribution in [3.05, 3.63) is 22.5 Å². The highest BCUT2D eigenvalue weighted by Crippen LogP contribution is 2.07. The van der Waals surface area contributed by atoms with E-state index in [1.54, 1.807) is 0 Å². The summed E-state index contributed by atoms with van der Waals surface area (Å²) in [6, 6.07) is -0.894. The summed E-state index contributed by atoms with van der Waals surface area (Å²) in [5, 5.41) is 13.9. The number of carbonyl (C=O) groups excluding carboxylic acids is 1. The first kappa shape index (κ1) is 10.1. The summed E-state index contributed by atoms with van der Waals surface area (Å²) >= 11 is 0. The van der Waals surface area contributed by atoms with Gasteiger partial charge in [-0.3, -0.25) is 19.6 Å². The topological polar surface area (TPSA) is 130 Å². The number of nitrogens with zero attached hydrogens (tertiary/aromatic N) is 3. The van der Waals surface area contributed by atoms with E-state index in [9.17, 15) is 14.9 Å². The van der Waals surface area contributed by atoms with Gasteiger partial charge in [0.25, 0.3) is 0 Å². The summed E-state index contributed by atoms with van der Waals surface area (Å²) in [5.41, 5.74) is 10.1. The molecule has 0 aliphatic carbocycles. The van der Waals surface area contributed by atoms with Crippen molar-refractivity contribution in [3.63, 3.8) is 0 Å². The molecule has 14 heavy (non-hydrogen) atoms. The van der Waals surface area contributed by atoms with E-state index in [2.05, 4.69) is 5.10 Å². The first-order chi connectivity index (χ1) is 6.50. The second-order valence-electron chi connectivity index (χ2n) is 2.69. The van der Waals surface area contributed by atoms with Gasteiger partial charge in [-0.05, 0) is 0 Å². The molecule has 76 valence electrons. The maximum absolute atomic E-state index is 10.6. The van der Waals surface area contributed by atoms with Crippen LogP contribution in [0.25, 0.3) is 0 Å². The molecule has 1 atom stereocenters. The van der Waals surface area contributed by atoms with E-state index < -0.39 is 16.9 Å². The van der Waals surface area contributed by atoms with E-state index in [-0.39, 0.29) is 12.2 Å². The van der Waals surface area contributed by atoms with Crippen LogP contribution in [-0.4, -0.2) is 26.7 Å². The van der Waals surface area contributed by atoms with Crippen LogP contribution < -0.4 is 11.5 Å². The summed E-state index contributed by atoms with van der Waals surface area (Å²) < 4.78 is 1.20. The molecule has 1 amide bonds. The summed E-state index contributed by atoms with van der Waals surface area (Å²) in [7, 11) is 0. The molecule has 1 unspecified atom stereocenters. The van der Waals surface area contributed by atoms with Crippen molar-refractivity contribution in [2.45, 2.75) is 12.6 Å². The fraction of sp³-hybridized carbons (Fsp3) is 0.333. The number of nitro groups is 1. The molecule has 0 fully saturated rings. The Morgan fingerprint density at radius 2 is 2.43 bits per heavy atom. The molecule has 0 saturated carbocycles. The molecule has 1 heterocycles. The van der Waals surface area contributed by atoms with Gasteiger partial charge in [0.15, 0.2) is 0 Å². The molecular formula is C6H9N5O3. The van der Waals surface area contributed by atoms with Crippen molar-refractivity contribution in [2.24, 2.45) is 11.5 Å². The Balaban J connectivity index is 2.69. The molecule has 0 aliphatic heterocycles. The number of primary amides is 1. The Hall–Kier alpha value is -1.96. The predicted octanol–water partition coefficient (Wildman–Crippen LogP) is -1.40. The third-order valence-electron chi connectivity index (χ3n) is 1.58. The van der Waals surface area contributed by atoms with Gasteiger partial charge >= 0.3 is 5.69 Å². The van der Waals surface area contributed by atoms with Crippen molar-refractivity contribution in [3.8, 4) is 0 Å². The van der Waals surface area contributed by atoms with E-state index in [0.717, 1.165) is 6.20 Å². The first-order valence-corrected chi connectivity index (χ1v) is 3.72. The van der Waals surface area contributed by atoms with Gasteiger partial charge in [-0.15, -0.1) is 0 Å². The monoisotopic (exact) mass is 199 g/mol. The van der Waals surface area contributed by atoms with Crippen LogP contribution in [0, 0.1) is 10.1 Å². The van der Waals surface area contributed by atoms with Crippen molar-refractivity contribution in [1.29, 1.82) is 0 Å². The zero-order chi connectivity index (χ0) is 10.7. The summed E-state index contributed by atoms with van der Waals surface area (Å²) in [5.74, 6) is -0.678. The molecule has 0 spiro atoms. The molecule has 1 aromatic heterocycles. The largest absolute Gasteiger partial charge is 0.368 e. The highest BCUT2D eigenvalue weighted by atomic mass is 16.6. The maximum atomic E-state index is 10.6. The average molecular weight is 199 g/mol. The fourth-order valence-electron chi connectivity index (χ4n) is 0.838. The van der Waals surface area contributed by atoms with Crippen molar-refractivity contribution in [1.82, 2.24) is 9.78 Å². The van der Waals surface area contributed by atoms with Crippen LogP contribution in [0.2, 0.25) is 0 Å². The molecule has 1 rings (SSSR count). The Morgan fingerprint density at radius 3 is 2.86 bits per heavy atom. The molecule has 1 aromatic rings. The lowest BCUT2D eigenvalue weighted by Crippen LogP contribution is -2.39. The Labute approximate surface area is 78.6 Å². The predicted molar refractivity (Wildman–Crippen MR) is 46.1 cm³/mol. The summed E-state index contributed by atoms with van der Waals surface area (Å²) in [6.07, 6.45) is 2.26. The number of hydrogen-bond donors (Lipinski definition) is 2. The molecule has 0 aliphatic rings. The average Bonchev–Trinajstić information content (AvgIpc) is 2.52. The van der Waals surface area contributed by atoms with Gasteiger partial charge in [-0.1, -0.05) is 0 Å². The Bertz CT molecular complexity index is 360. The van der Waals surface area contributed by atoms with E-state index in [1.807, 2.05) is 0 Å². The molecular weight excluding hydrogens is 190 g/mol. The normalized spacial score (nSPS) is 12.4. The number of carbonyl (C=O) groups is 1. The van der Waals surface area contributed by atoms with Crippen molar-refractivity contribution >= 4 is 11.6 Å². The zero-order valence-corrected chi connectivity index (χ0v) is 7.16. The highest BCUT2D eigenvalue weighted by Gasteiger charge is 2.13. The smallest absolute Gasteiger partial charge is 0.306 e. The van der Waals surface area contributed by atoms with Crippen molar-refractivity contribution in [2.75, 3.05) is 0 Å². The summed E-state index contributed by atoms with van der Waals surface area (Å²) in [4.78, 5) is 20.2. The van der Waals surface area contributed by atoms with Gasteiger partial charge in [-0.2, -0.15) is 5.10 Å². The third-order valence-corrected chi connectivity index (χ3v) is 1.58. The second kappa shape index (κ2) is 3.83. The highest BCUT2D eigenvalue weighted by molar-refractivity contribution is 5.79. The summed E-state index contributed by atoms with van der Waals surface area (Å²) in [6.45, 7) is 0.0309. The lowest BCUT2D eigenvalue weighted by molar-refractivity contribution is -0.385. The van der Waals surface area contributed by atoms with E-state index in [1.165, 1.54) is 10.9 Å². The molecule has 4 N–H and O–H groups in total. The molecule has 0 saturated heterocycles. The van der Waals surface area contributed by atoms with Gasteiger partial charge in [0.05, 0.1) is 11.5 Å². The maximum Gasteiger partial charge on any atom is 0.306 e. The number of aromatic nitrogens is 2. The molecule has 8 nitrogen and oxygen atoms in total. The number of amides is 1. The molecule has 0 radical (unpaired) electrons. The van der Waals surface area contributed by atoms with Crippen LogP contribution in [-0.2, 0) is 11.3 Å². The fourth-order valence-corrected chi connectivity index (χ4v) is 0.838. The Morgan fingerprint density at radius 1 is 1.79 bits per heavy atom. The second-order valence-corrected chi connectivity index (χ2v) is 2.69. The standard InChI is InChI=1S/C6H9N5O3/c7-5(6(8)12)3-10-2-4(1-9-10)11(13)14/h1-2,5H,3,7H2,(H2,8,12). The lowest BCUT2D eigenvalue weighted by Gasteiger charge is -2.05. The minimum atomic E-state index is -0.894. The minimum absolute atomic E-state index is 0.0309. The molecule has 0 aromatic carbocycles. The van der Waals surface area contributed by atoms with E-state index in [0.29, 0.717) is 0 Å². The Kier molecular flexibility index (Phi) is 2.77. The van der Waals surface area contributed by atoms with Crippen LogP contribution in [0.5, 0.6) is 0 Å². The quantitative estimate of drug-likeness (QED) is 0.455. The zero-order valence-electron chi connectivity index (χ0n) is 7.16. The van der Waals surface area contributed by atoms with E-state index in [4.69, 9.17) is 11.5 Å². The SMILES string of the molecule is NC(=O)C(N)Cn1cc([N+](=O)[O-])cn1. The van der Waals surface area contributed by atoms with Gasteiger partial charge in [0.2, 0.25) is 5.91 Å². The van der Waals surface area contributed by atoms with Crippen LogP contribution in [0.3, 0.4) is 0 Å². The molecule has 0 bridgehead atoms. The molecule has 8 heteroatoms. The number of hydrogen-bond acceptors (Lipinski definition) is 5. The number of nitrogens with two attached hydrogens (primary N) is 2. The minimum Gasteiger partial charge on any atom is -0.368 e. The van der Waals surface area contributed by atoms with Gasteiger partial charge in [0, 0.05) is 0 Å². The van der Waals surface area contributed by atoms with Gasteiger partial charge in [-0.25, -0.2) is 0 Å². The first-order valence-electron chi connectivity index (χ1n) is 3.72. The van der Waals surface area contributed by atoms with Crippen LogP contribution >= 0.6 is 0 Å². The van der Waals surface area contributed by atoms with E-state index >= 15 is 0 Å². The van der Waals surface area contributed by atoms with Gasteiger partial charge < -0.3 is 11.5 Å².